The normalized spacial score (nSPS) is 12.9. The monoisotopic (exact) mass is 1670 g/mol. The lowest BCUT2D eigenvalue weighted by Gasteiger charge is -2.16. The van der Waals surface area contributed by atoms with Gasteiger partial charge in [0.2, 0.25) is 0 Å². The van der Waals surface area contributed by atoms with E-state index in [1.54, 1.807) is 0 Å². The number of azo groups is 4. The fraction of sp³-hybridized carbons (Fsp3) is 0.373. The molecule has 0 radical (unpaired) electrons. The number of aryl methyl sites for hydroxylation is 4. The Hall–Kier alpha value is -8.93. The minimum Gasteiger partial charge on any atom is -0.494 e. The van der Waals surface area contributed by atoms with Gasteiger partial charge in [-0.2, -0.15) is 77.6 Å². The lowest BCUT2D eigenvalue weighted by atomic mass is 10.1. The van der Waals surface area contributed by atoms with Crippen molar-refractivity contribution in [3.05, 3.63) is 107 Å². The quantitative estimate of drug-likeness (QED) is 0.00966. The molecule has 0 heterocycles. The van der Waals surface area contributed by atoms with Gasteiger partial charge >= 0.3 is 6.03 Å². The highest BCUT2D eigenvalue weighted by molar-refractivity contribution is 7.87. The topological polar surface area (TPSA) is 630 Å². The number of benzene rings is 6. The fourth-order valence-corrected chi connectivity index (χ4v) is 12.7. The van der Waals surface area contributed by atoms with Gasteiger partial charge in [0.15, 0.2) is 0 Å². The second kappa shape index (κ2) is 37.9. The molecule has 0 aliphatic rings. The molecule has 0 aliphatic heterocycles. The summed E-state index contributed by atoms with van der Waals surface area (Å²) < 4.78 is 298. The maximum atomic E-state index is 13.9. The standard InChI is InChI=1S/C59H72N10O31S8/c1-37-27-49(68-64-47-35-55(97-17-7-10-23-103(77,78)79)51(29-39(47)3)66-62-43-13-11-41(31-57(43)107(89,90)91)95-15-5-8-21-101(71,72)73)53(98-18-24-104(80,81)82)33-45(37)60-59(70)61-46-34-54(99-19-25-105(83,84)85)50(28-38(46)2)69-65-48-36-56(100-20-26-106(86,87)88)52(30-40(48)4)67-63-44-14-12-42(32-58(44)108(92,93)94)96-16-6-9-22-102(74,75)76/h11-14,27-36H,5-10,15-26H2,1-4H3,(H2,60,61,70)(H,71,72,73)(H,74,75,76)(H,77,78,79)(H,80,81,82)(H,83,84,85)(H,86,87,88)(H,89,90,91)(H,92,93,94). The van der Waals surface area contributed by atoms with Crippen LogP contribution in [0.5, 0.6) is 34.5 Å². The molecule has 41 nitrogen and oxygen atoms in total. The van der Waals surface area contributed by atoms with E-state index in [0.29, 0.717) is 5.56 Å². The van der Waals surface area contributed by atoms with Crippen LogP contribution in [-0.4, -0.2) is 184 Å². The molecule has 0 saturated heterocycles. The molecule has 0 aromatic heterocycles. The summed E-state index contributed by atoms with van der Waals surface area (Å²) in [4.78, 5) is 12.4. The number of hydrogen-bond donors (Lipinski definition) is 10. The van der Waals surface area contributed by atoms with Crippen LogP contribution in [0.1, 0.15) is 60.8 Å². The molecule has 0 atom stereocenters. The summed E-state index contributed by atoms with van der Waals surface area (Å²) in [6.45, 7) is 3.50. The van der Waals surface area contributed by atoms with E-state index in [2.05, 4.69) is 51.5 Å². The summed E-state index contributed by atoms with van der Waals surface area (Å²) in [7, 11) is -36.7. The van der Waals surface area contributed by atoms with Gasteiger partial charge in [0.25, 0.3) is 80.9 Å². The van der Waals surface area contributed by atoms with Gasteiger partial charge in [0.05, 0.1) is 48.5 Å². The lowest BCUT2D eigenvalue weighted by Crippen LogP contribution is -2.21. The molecule has 2 amide bonds. The highest BCUT2D eigenvalue weighted by Crippen LogP contribution is 2.43. The third-order valence-corrected chi connectivity index (χ3v) is 20.4. The molecular formula is C59H72N10O31S8. The van der Waals surface area contributed by atoms with E-state index in [-0.39, 0.29) is 155 Å². The highest BCUT2D eigenvalue weighted by atomic mass is 32.2. The van der Waals surface area contributed by atoms with Crippen molar-refractivity contribution in [2.75, 3.05) is 84.8 Å². The average Bonchev–Trinajstić information content (AvgIpc) is 0.818. The van der Waals surface area contributed by atoms with Crippen molar-refractivity contribution in [2.24, 2.45) is 40.9 Å². The van der Waals surface area contributed by atoms with E-state index in [4.69, 9.17) is 37.5 Å². The number of carbonyl (C=O) groups excluding carboxylic acids is 1. The van der Waals surface area contributed by atoms with E-state index in [1.165, 1.54) is 88.4 Å². The summed E-state index contributed by atoms with van der Waals surface area (Å²) >= 11 is 0. The Balaban J connectivity index is 1.31. The molecule has 49 heteroatoms. The van der Waals surface area contributed by atoms with Gasteiger partial charge in [-0.3, -0.25) is 36.4 Å². The third kappa shape index (κ3) is 31.3. The van der Waals surface area contributed by atoms with Gasteiger partial charge in [0, 0.05) is 47.8 Å². The molecule has 0 aliphatic carbocycles. The maximum Gasteiger partial charge on any atom is 0.323 e. The lowest BCUT2D eigenvalue weighted by molar-refractivity contribution is 0.262. The van der Waals surface area contributed by atoms with Gasteiger partial charge < -0.3 is 39.1 Å². The summed E-state index contributed by atoms with van der Waals surface area (Å²) in [6.07, 6.45) is 0.255. The minimum absolute atomic E-state index is 0.000141. The number of unbranched alkanes of at least 4 members (excludes halogenated alkanes) is 3. The smallest absolute Gasteiger partial charge is 0.323 e. The van der Waals surface area contributed by atoms with Gasteiger partial charge in [0.1, 0.15) is 115 Å². The Kier molecular flexibility index (Phi) is 30.9. The van der Waals surface area contributed by atoms with Crippen molar-refractivity contribution in [3.8, 4) is 34.5 Å². The molecule has 0 spiro atoms. The van der Waals surface area contributed by atoms with Gasteiger partial charge in [-0.25, -0.2) is 4.79 Å². The molecule has 6 aromatic rings. The number of hydrogen-bond acceptors (Lipinski definition) is 31. The Labute approximate surface area is 620 Å². The summed E-state index contributed by atoms with van der Waals surface area (Å²) in [5, 5.41) is 38.6. The van der Waals surface area contributed by atoms with Crippen LogP contribution in [0.4, 0.5) is 61.7 Å². The van der Waals surface area contributed by atoms with Crippen molar-refractivity contribution in [1.82, 2.24) is 0 Å². The molecule has 0 saturated carbocycles. The maximum absolute atomic E-state index is 13.9. The van der Waals surface area contributed by atoms with Crippen LogP contribution in [0.2, 0.25) is 0 Å². The predicted molar refractivity (Wildman–Crippen MR) is 386 cm³/mol. The Bertz CT molecular complexity index is 5400. The number of urea groups is 1. The minimum atomic E-state index is -5.03. The van der Waals surface area contributed by atoms with E-state index < -0.39 is 162 Å². The Morgan fingerprint density at radius 1 is 0.296 bits per heavy atom. The average molecular weight is 1670 g/mol. The zero-order valence-corrected chi connectivity index (χ0v) is 63.7. The molecule has 592 valence electrons. The number of anilines is 2. The van der Waals surface area contributed by atoms with Crippen LogP contribution >= 0.6 is 0 Å². The second-order valence-electron chi connectivity index (χ2n) is 23.0. The second-order valence-corrected chi connectivity index (χ2v) is 35.2. The van der Waals surface area contributed by atoms with Crippen molar-refractivity contribution < 1.29 is 137 Å². The van der Waals surface area contributed by atoms with Crippen LogP contribution in [0.3, 0.4) is 0 Å². The molecule has 6 rings (SSSR count). The Morgan fingerprint density at radius 2 is 0.556 bits per heavy atom. The van der Waals surface area contributed by atoms with Crippen molar-refractivity contribution >= 4 is 144 Å². The molecule has 0 unspecified atom stereocenters. The summed E-state index contributed by atoms with van der Waals surface area (Å²) in [6, 6.07) is 15.9. The first kappa shape index (κ1) is 88.0. The zero-order chi connectivity index (χ0) is 80.2. The zero-order valence-electron chi connectivity index (χ0n) is 57.1. The van der Waals surface area contributed by atoms with E-state index in [1.807, 2.05) is 0 Å². The molecular weight excluding hydrogens is 1600 g/mol. The molecule has 0 fully saturated rings. The SMILES string of the molecule is Cc1cc(N=Nc2ccc(OCCCCS(=O)(=O)O)cc2S(=O)(=O)O)c(OCCCCS(=O)(=O)O)cc1N=Nc1cc(C)c(NC(=O)Nc2cc(OCCS(=O)(=O)O)c(N=Nc3cc(OCCS(=O)(=O)O)c(N=Nc4ccc(OCCCCS(=O)(=O)O)cc4S(=O)(=O)O)cc3C)cc2C)cc1OCCS(=O)(=O)O. The van der Waals surface area contributed by atoms with Gasteiger partial charge in [-0.15, -0.1) is 30.7 Å². The number of nitrogens with one attached hydrogen (secondary N) is 2. The first-order valence-electron chi connectivity index (χ1n) is 31.1. The van der Waals surface area contributed by atoms with Gasteiger partial charge in [-0.1, -0.05) is 0 Å². The van der Waals surface area contributed by atoms with Crippen molar-refractivity contribution in [1.29, 1.82) is 0 Å². The largest absolute Gasteiger partial charge is 0.494 e. The van der Waals surface area contributed by atoms with E-state index in [0.717, 1.165) is 24.3 Å². The Morgan fingerprint density at radius 3 is 0.852 bits per heavy atom. The van der Waals surface area contributed by atoms with Crippen LogP contribution in [0, 0.1) is 27.7 Å². The number of ether oxygens (including phenoxy) is 6. The molecule has 10 N–H and O–H groups in total. The van der Waals surface area contributed by atoms with Crippen LogP contribution in [0.25, 0.3) is 0 Å². The summed E-state index contributed by atoms with van der Waals surface area (Å²) in [5.74, 6) is -5.55. The first-order chi connectivity index (χ1) is 50.1. The highest BCUT2D eigenvalue weighted by Gasteiger charge is 2.23. The number of amides is 2. The van der Waals surface area contributed by atoms with Crippen LogP contribution in [0.15, 0.2) is 136 Å². The molecule has 108 heavy (non-hydrogen) atoms. The van der Waals surface area contributed by atoms with E-state index >= 15 is 0 Å². The predicted octanol–water partition coefficient (Wildman–Crippen LogP) is 10.7. The number of nitrogens with zero attached hydrogens (tertiary/aromatic N) is 8. The molecule has 0 bridgehead atoms. The van der Waals surface area contributed by atoms with Crippen LogP contribution in [-0.2, 0) is 80.9 Å². The number of carbonyl (C=O) groups is 1. The fourth-order valence-electron chi connectivity index (χ4n) is 8.88. The van der Waals surface area contributed by atoms with Crippen LogP contribution < -0.4 is 39.1 Å². The third-order valence-electron chi connectivity index (χ3n) is 14.1. The van der Waals surface area contributed by atoms with E-state index in [9.17, 15) is 99.5 Å². The number of rotatable bonds is 42. The summed E-state index contributed by atoms with van der Waals surface area (Å²) in [5.41, 5.74) is -0.283. The molecule has 6 aromatic carbocycles. The van der Waals surface area contributed by atoms with Crippen molar-refractivity contribution in [3.63, 3.8) is 0 Å². The first-order valence-corrected chi connectivity index (χ1v) is 43.6. The van der Waals surface area contributed by atoms with Gasteiger partial charge in [-0.05, 0) is 137 Å². The van der Waals surface area contributed by atoms with Crippen molar-refractivity contribution in [2.45, 2.75) is 76.0 Å².